The van der Waals surface area contributed by atoms with E-state index in [1.165, 1.54) is 0 Å². The van der Waals surface area contributed by atoms with Gasteiger partial charge in [-0.05, 0) is 38.1 Å². The van der Waals surface area contributed by atoms with Crippen LogP contribution in [-0.4, -0.2) is 72.3 Å². The van der Waals surface area contributed by atoms with Gasteiger partial charge in [-0.3, -0.25) is 9.69 Å². The fraction of sp³-hybridized carbons (Fsp3) is 0.360. The number of hydrogen-bond donors (Lipinski definition) is 0. The Morgan fingerprint density at radius 3 is 2.39 bits per heavy atom. The summed E-state index contributed by atoms with van der Waals surface area (Å²) in [5.41, 5.74) is 2.33. The molecular formula is C25H31ClN4O. The van der Waals surface area contributed by atoms with Gasteiger partial charge in [-0.25, -0.2) is 4.99 Å². The monoisotopic (exact) mass is 438 g/mol. The Morgan fingerprint density at radius 2 is 1.74 bits per heavy atom. The Kier molecular flexibility index (Phi) is 8.27. The number of para-hydroxylation sites is 1. The zero-order valence-corrected chi connectivity index (χ0v) is 19.2. The van der Waals surface area contributed by atoms with Crippen LogP contribution in [0.5, 0.6) is 0 Å². The quantitative estimate of drug-likeness (QED) is 0.357. The molecule has 1 fully saturated rings. The molecule has 6 heteroatoms. The van der Waals surface area contributed by atoms with Crippen molar-refractivity contribution in [2.45, 2.75) is 13.8 Å². The number of benzene rings is 2. The Hall–Kier alpha value is -2.63. The van der Waals surface area contributed by atoms with E-state index < -0.39 is 0 Å². The molecule has 1 amide bonds. The van der Waals surface area contributed by atoms with E-state index in [0.29, 0.717) is 23.7 Å². The van der Waals surface area contributed by atoms with Crippen LogP contribution in [0.4, 0.5) is 5.69 Å². The van der Waals surface area contributed by atoms with Crippen molar-refractivity contribution >= 4 is 29.0 Å². The van der Waals surface area contributed by atoms with Gasteiger partial charge in [0, 0.05) is 56.9 Å². The summed E-state index contributed by atoms with van der Waals surface area (Å²) < 4.78 is 0. The van der Waals surface area contributed by atoms with E-state index in [4.69, 9.17) is 16.6 Å². The van der Waals surface area contributed by atoms with Crippen LogP contribution in [-0.2, 0) is 0 Å². The molecule has 3 rings (SSSR count). The van der Waals surface area contributed by atoms with Gasteiger partial charge in [-0.15, -0.1) is 6.58 Å². The summed E-state index contributed by atoms with van der Waals surface area (Å²) in [4.78, 5) is 24.4. The van der Waals surface area contributed by atoms with Crippen LogP contribution in [0.25, 0.3) is 0 Å². The number of carbonyl (C=O) groups excluding carboxylic acids is 1. The smallest absolute Gasteiger partial charge is 0.253 e. The third kappa shape index (κ3) is 5.75. The molecule has 5 nitrogen and oxygen atoms in total. The van der Waals surface area contributed by atoms with Gasteiger partial charge >= 0.3 is 0 Å². The van der Waals surface area contributed by atoms with Gasteiger partial charge < -0.3 is 9.80 Å². The van der Waals surface area contributed by atoms with Crippen molar-refractivity contribution in [1.82, 2.24) is 14.7 Å². The highest BCUT2D eigenvalue weighted by atomic mass is 35.5. The van der Waals surface area contributed by atoms with Crippen molar-refractivity contribution in [3.8, 4) is 0 Å². The molecule has 0 atom stereocenters. The highest BCUT2D eigenvalue weighted by Gasteiger charge is 2.22. The number of nitrogens with zero attached hydrogens (tertiary/aromatic N) is 4. The van der Waals surface area contributed by atoms with Gasteiger partial charge in [-0.2, -0.15) is 0 Å². The summed E-state index contributed by atoms with van der Waals surface area (Å²) in [5, 5.41) is 0.612. The zero-order valence-electron chi connectivity index (χ0n) is 18.4. The third-order valence-electron chi connectivity index (χ3n) is 5.56. The van der Waals surface area contributed by atoms with Gasteiger partial charge in [0.25, 0.3) is 5.91 Å². The second-order valence-corrected chi connectivity index (χ2v) is 7.93. The summed E-state index contributed by atoms with van der Waals surface area (Å²) in [6, 6.07) is 15.4. The highest BCUT2D eigenvalue weighted by Crippen LogP contribution is 2.26. The molecule has 0 aromatic heterocycles. The van der Waals surface area contributed by atoms with Crippen LogP contribution < -0.4 is 0 Å². The Bertz CT molecular complexity index is 931. The average molecular weight is 439 g/mol. The lowest BCUT2D eigenvalue weighted by molar-refractivity contribution is 0.0773. The van der Waals surface area contributed by atoms with Crippen LogP contribution in [0.15, 0.2) is 66.2 Å². The molecule has 2 aromatic carbocycles. The van der Waals surface area contributed by atoms with Crippen LogP contribution in [0.1, 0.15) is 29.8 Å². The summed E-state index contributed by atoms with van der Waals surface area (Å²) in [6.07, 6.45) is 1.94. The van der Waals surface area contributed by atoms with Crippen molar-refractivity contribution < 1.29 is 4.79 Å². The number of carbonyl (C=O) groups is 1. The maximum atomic E-state index is 12.9. The standard InChI is InChI=1S/C25H31ClN4O/c1-4-14-28-15-17-30(18-16-28)24(27-23-13-8-7-12-22(23)26)20-10-9-11-21(19-20)25(31)29(5-2)6-3/h4,7-13,19H,1,5-6,14-18H2,2-3H3/b27-24-. The number of aliphatic imine (C=N–C) groups is 1. The molecule has 1 heterocycles. The van der Waals surface area contributed by atoms with Crippen molar-refractivity contribution in [2.24, 2.45) is 4.99 Å². The maximum Gasteiger partial charge on any atom is 0.253 e. The number of amides is 1. The second-order valence-electron chi connectivity index (χ2n) is 7.52. The third-order valence-corrected chi connectivity index (χ3v) is 5.88. The number of piperazine rings is 1. The van der Waals surface area contributed by atoms with E-state index in [9.17, 15) is 4.79 Å². The number of amidine groups is 1. The Balaban J connectivity index is 1.97. The molecule has 1 aliphatic rings. The minimum absolute atomic E-state index is 0.0414. The number of hydrogen-bond acceptors (Lipinski definition) is 3. The summed E-state index contributed by atoms with van der Waals surface area (Å²) in [7, 11) is 0. The SMILES string of the molecule is C=CCN1CCN(/C(=N\c2ccccc2Cl)c2cccc(C(=O)N(CC)CC)c2)CC1. The summed E-state index contributed by atoms with van der Waals surface area (Å²) in [5.74, 6) is 0.889. The fourth-order valence-corrected chi connectivity index (χ4v) is 3.96. The first-order valence-corrected chi connectivity index (χ1v) is 11.3. The largest absolute Gasteiger partial charge is 0.354 e. The molecule has 31 heavy (non-hydrogen) atoms. The van der Waals surface area contributed by atoms with Crippen molar-refractivity contribution in [1.29, 1.82) is 0 Å². The van der Waals surface area contributed by atoms with E-state index in [1.807, 2.05) is 73.4 Å². The number of rotatable bonds is 7. The number of halogens is 1. The molecule has 0 bridgehead atoms. The van der Waals surface area contributed by atoms with Gasteiger partial charge in [-0.1, -0.05) is 41.9 Å². The maximum absolute atomic E-state index is 12.9. The van der Waals surface area contributed by atoms with Crippen molar-refractivity contribution in [3.05, 3.63) is 77.3 Å². The molecule has 1 aliphatic heterocycles. The van der Waals surface area contributed by atoms with E-state index in [-0.39, 0.29) is 5.91 Å². The molecule has 0 N–H and O–H groups in total. The van der Waals surface area contributed by atoms with Gasteiger partial charge in [0.1, 0.15) is 5.84 Å². The van der Waals surface area contributed by atoms with E-state index in [0.717, 1.165) is 49.8 Å². The Labute approximate surface area is 190 Å². The average Bonchev–Trinajstić information content (AvgIpc) is 2.80. The molecule has 164 valence electrons. The first kappa shape index (κ1) is 23.0. The minimum Gasteiger partial charge on any atom is -0.354 e. The molecule has 0 unspecified atom stereocenters. The lowest BCUT2D eigenvalue weighted by Gasteiger charge is -2.36. The molecule has 2 aromatic rings. The van der Waals surface area contributed by atoms with Crippen molar-refractivity contribution in [3.63, 3.8) is 0 Å². The predicted molar refractivity (Wildman–Crippen MR) is 130 cm³/mol. The van der Waals surface area contributed by atoms with Gasteiger partial charge in [0.2, 0.25) is 0 Å². The molecule has 0 aliphatic carbocycles. The first-order chi connectivity index (χ1) is 15.1. The predicted octanol–water partition coefficient (Wildman–Crippen LogP) is 4.70. The van der Waals surface area contributed by atoms with Crippen LogP contribution in [0, 0.1) is 0 Å². The first-order valence-electron chi connectivity index (χ1n) is 10.9. The molecule has 0 radical (unpaired) electrons. The lowest BCUT2D eigenvalue weighted by atomic mass is 10.1. The molecular weight excluding hydrogens is 408 g/mol. The van der Waals surface area contributed by atoms with Crippen molar-refractivity contribution in [2.75, 3.05) is 45.8 Å². The molecule has 0 spiro atoms. The van der Waals surface area contributed by atoms with E-state index in [2.05, 4.69) is 16.4 Å². The molecule has 0 saturated carbocycles. The van der Waals surface area contributed by atoms with E-state index in [1.54, 1.807) is 0 Å². The van der Waals surface area contributed by atoms with E-state index >= 15 is 0 Å². The topological polar surface area (TPSA) is 39.1 Å². The fourth-order valence-electron chi connectivity index (χ4n) is 3.78. The second kappa shape index (κ2) is 11.1. The molecule has 1 saturated heterocycles. The van der Waals surface area contributed by atoms with Gasteiger partial charge in [0.15, 0.2) is 0 Å². The highest BCUT2D eigenvalue weighted by molar-refractivity contribution is 6.33. The minimum atomic E-state index is 0.0414. The lowest BCUT2D eigenvalue weighted by Crippen LogP contribution is -2.48. The van der Waals surface area contributed by atoms with Crippen LogP contribution in [0.3, 0.4) is 0 Å². The normalized spacial score (nSPS) is 15.1. The zero-order chi connectivity index (χ0) is 22.2. The summed E-state index contributed by atoms with van der Waals surface area (Å²) >= 11 is 6.41. The van der Waals surface area contributed by atoms with Gasteiger partial charge in [0.05, 0.1) is 10.7 Å². The van der Waals surface area contributed by atoms with Crippen LogP contribution in [0.2, 0.25) is 5.02 Å². The summed E-state index contributed by atoms with van der Waals surface area (Å²) in [6.45, 7) is 13.7. The van der Waals surface area contributed by atoms with Crippen LogP contribution >= 0.6 is 11.6 Å². The Morgan fingerprint density at radius 1 is 1.06 bits per heavy atom.